The van der Waals surface area contributed by atoms with Gasteiger partial charge >= 0.3 is 0 Å². The lowest BCUT2D eigenvalue weighted by Crippen LogP contribution is -2.32. The van der Waals surface area contributed by atoms with E-state index in [1.54, 1.807) is 7.11 Å². The number of rotatable bonds is 9. The lowest BCUT2D eigenvalue weighted by molar-refractivity contribution is -0.121. The second kappa shape index (κ2) is 9.93. The van der Waals surface area contributed by atoms with Crippen molar-refractivity contribution in [2.45, 2.75) is 39.2 Å². The van der Waals surface area contributed by atoms with Crippen LogP contribution in [0.1, 0.15) is 33.1 Å². The first-order chi connectivity index (χ1) is 7.20. The topological polar surface area (TPSA) is 50.4 Å². The maximum atomic E-state index is 11.2. The Morgan fingerprint density at radius 2 is 2.13 bits per heavy atom. The minimum absolute atomic E-state index is 0.128. The maximum absolute atomic E-state index is 11.2. The first kappa shape index (κ1) is 14.4. The molecule has 15 heavy (non-hydrogen) atoms. The lowest BCUT2D eigenvalue weighted by atomic mass is 10.2. The summed E-state index contributed by atoms with van der Waals surface area (Å²) in [5.41, 5.74) is 0. The van der Waals surface area contributed by atoms with Crippen LogP contribution < -0.4 is 10.6 Å². The molecule has 0 aromatic rings. The van der Waals surface area contributed by atoms with Crippen molar-refractivity contribution in [3.8, 4) is 0 Å². The molecule has 0 aliphatic rings. The Morgan fingerprint density at radius 3 is 2.73 bits per heavy atom. The zero-order valence-electron chi connectivity index (χ0n) is 10.1. The van der Waals surface area contributed by atoms with Gasteiger partial charge in [0.2, 0.25) is 5.91 Å². The molecular weight excluding hydrogens is 192 g/mol. The summed E-state index contributed by atoms with van der Waals surface area (Å²) in [6.07, 6.45) is 2.52. The number of carbonyl (C=O) groups excluding carboxylic acids is 1. The molecule has 2 N–H and O–H groups in total. The summed E-state index contributed by atoms with van der Waals surface area (Å²) in [5, 5.41) is 6.13. The molecule has 0 aromatic carbocycles. The standard InChI is InChI=1S/C11H24N2O2/c1-4-7-13-11(14)5-8-12-10(2)6-9-15-3/h10,12H,4-9H2,1-3H3,(H,13,14). The van der Waals surface area contributed by atoms with E-state index in [9.17, 15) is 4.79 Å². The summed E-state index contributed by atoms with van der Waals surface area (Å²) < 4.78 is 4.97. The van der Waals surface area contributed by atoms with Gasteiger partial charge in [-0.05, 0) is 19.8 Å². The van der Waals surface area contributed by atoms with Crippen LogP contribution >= 0.6 is 0 Å². The molecule has 0 aliphatic heterocycles. The minimum atomic E-state index is 0.128. The highest BCUT2D eigenvalue weighted by molar-refractivity contribution is 5.75. The third kappa shape index (κ3) is 9.69. The van der Waals surface area contributed by atoms with Gasteiger partial charge < -0.3 is 15.4 Å². The molecule has 0 radical (unpaired) electrons. The predicted molar refractivity (Wildman–Crippen MR) is 61.9 cm³/mol. The van der Waals surface area contributed by atoms with Crippen molar-refractivity contribution < 1.29 is 9.53 Å². The summed E-state index contributed by atoms with van der Waals surface area (Å²) in [4.78, 5) is 11.2. The number of hydrogen-bond donors (Lipinski definition) is 2. The van der Waals surface area contributed by atoms with Crippen molar-refractivity contribution in [2.24, 2.45) is 0 Å². The van der Waals surface area contributed by atoms with Gasteiger partial charge in [-0.2, -0.15) is 0 Å². The molecule has 0 aromatic heterocycles. The molecule has 0 bridgehead atoms. The Labute approximate surface area is 92.8 Å². The minimum Gasteiger partial charge on any atom is -0.385 e. The second-order valence-electron chi connectivity index (χ2n) is 3.74. The van der Waals surface area contributed by atoms with Crippen LogP contribution in [0.2, 0.25) is 0 Å². The highest BCUT2D eigenvalue weighted by Gasteiger charge is 2.03. The normalized spacial score (nSPS) is 12.5. The van der Waals surface area contributed by atoms with Gasteiger partial charge in [0.1, 0.15) is 0 Å². The maximum Gasteiger partial charge on any atom is 0.221 e. The van der Waals surface area contributed by atoms with Crippen LogP contribution in [0.25, 0.3) is 0 Å². The van der Waals surface area contributed by atoms with Crippen molar-refractivity contribution in [1.82, 2.24) is 10.6 Å². The van der Waals surface area contributed by atoms with E-state index >= 15 is 0 Å². The van der Waals surface area contributed by atoms with Crippen molar-refractivity contribution in [2.75, 3.05) is 26.8 Å². The fourth-order valence-electron chi connectivity index (χ4n) is 1.18. The van der Waals surface area contributed by atoms with Gasteiger partial charge in [0.05, 0.1) is 0 Å². The summed E-state index contributed by atoms with van der Waals surface area (Å²) in [5.74, 6) is 0.128. The van der Waals surface area contributed by atoms with Gasteiger partial charge in [0.15, 0.2) is 0 Å². The monoisotopic (exact) mass is 216 g/mol. The van der Waals surface area contributed by atoms with E-state index < -0.39 is 0 Å². The average molecular weight is 216 g/mol. The summed E-state index contributed by atoms with van der Waals surface area (Å²) in [6.45, 7) is 6.42. The van der Waals surface area contributed by atoms with E-state index in [1.165, 1.54) is 0 Å². The molecular formula is C11H24N2O2. The predicted octanol–water partition coefficient (Wildman–Crippen LogP) is 0.917. The molecule has 0 saturated carbocycles. The van der Waals surface area contributed by atoms with E-state index in [4.69, 9.17) is 4.74 Å². The zero-order chi connectivity index (χ0) is 11.5. The molecule has 0 heterocycles. The fraction of sp³-hybridized carbons (Fsp3) is 0.909. The lowest BCUT2D eigenvalue weighted by Gasteiger charge is -2.12. The molecule has 4 heteroatoms. The van der Waals surface area contributed by atoms with Gasteiger partial charge in [-0.25, -0.2) is 0 Å². The first-order valence-electron chi connectivity index (χ1n) is 5.69. The number of ether oxygens (including phenoxy) is 1. The van der Waals surface area contributed by atoms with Crippen molar-refractivity contribution >= 4 is 5.91 Å². The van der Waals surface area contributed by atoms with Gasteiger partial charge in [0.25, 0.3) is 0 Å². The van der Waals surface area contributed by atoms with E-state index in [-0.39, 0.29) is 5.91 Å². The number of hydrogen-bond acceptors (Lipinski definition) is 3. The third-order valence-corrected chi connectivity index (χ3v) is 2.17. The van der Waals surface area contributed by atoms with Gasteiger partial charge in [0, 0.05) is 39.3 Å². The fourth-order valence-corrected chi connectivity index (χ4v) is 1.18. The highest BCUT2D eigenvalue weighted by atomic mass is 16.5. The van der Waals surface area contributed by atoms with E-state index in [0.717, 1.165) is 32.5 Å². The SMILES string of the molecule is CCCNC(=O)CCNC(C)CCOC. The Bertz CT molecular complexity index is 163. The second-order valence-corrected chi connectivity index (χ2v) is 3.74. The molecule has 90 valence electrons. The van der Waals surface area contributed by atoms with Crippen LogP contribution in [0.4, 0.5) is 0 Å². The van der Waals surface area contributed by atoms with Gasteiger partial charge in [-0.3, -0.25) is 4.79 Å². The molecule has 1 amide bonds. The van der Waals surface area contributed by atoms with Crippen molar-refractivity contribution in [3.05, 3.63) is 0 Å². The molecule has 0 fully saturated rings. The van der Waals surface area contributed by atoms with E-state index in [1.807, 2.05) is 6.92 Å². The molecule has 0 spiro atoms. The smallest absolute Gasteiger partial charge is 0.221 e. The molecule has 4 nitrogen and oxygen atoms in total. The first-order valence-corrected chi connectivity index (χ1v) is 5.69. The number of amides is 1. The quantitative estimate of drug-likeness (QED) is 0.602. The number of methoxy groups -OCH3 is 1. The van der Waals surface area contributed by atoms with Crippen molar-refractivity contribution in [1.29, 1.82) is 0 Å². The Balaban J connectivity index is 3.31. The molecule has 0 saturated heterocycles. The zero-order valence-corrected chi connectivity index (χ0v) is 10.1. The average Bonchev–Trinajstić information content (AvgIpc) is 2.23. The third-order valence-electron chi connectivity index (χ3n) is 2.17. The van der Waals surface area contributed by atoms with Crippen LogP contribution in [-0.2, 0) is 9.53 Å². The largest absolute Gasteiger partial charge is 0.385 e. The molecule has 0 rings (SSSR count). The Morgan fingerprint density at radius 1 is 1.40 bits per heavy atom. The summed E-state index contributed by atoms with van der Waals surface area (Å²) >= 11 is 0. The van der Waals surface area contributed by atoms with Crippen LogP contribution in [0.5, 0.6) is 0 Å². The van der Waals surface area contributed by atoms with Crippen LogP contribution in [-0.4, -0.2) is 38.8 Å². The van der Waals surface area contributed by atoms with E-state index in [0.29, 0.717) is 12.5 Å². The Kier molecular flexibility index (Phi) is 9.52. The van der Waals surface area contributed by atoms with Gasteiger partial charge in [-0.15, -0.1) is 0 Å². The molecule has 1 atom stereocenters. The van der Waals surface area contributed by atoms with E-state index in [2.05, 4.69) is 17.6 Å². The van der Waals surface area contributed by atoms with Crippen molar-refractivity contribution in [3.63, 3.8) is 0 Å². The Hall–Kier alpha value is -0.610. The summed E-state index contributed by atoms with van der Waals surface area (Å²) in [7, 11) is 1.70. The molecule has 0 aliphatic carbocycles. The molecule has 1 unspecified atom stereocenters. The highest BCUT2D eigenvalue weighted by Crippen LogP contribution is 1.90. The number of carbonyl (C=O) groups is 1. The number of nitrogens with one attached hydrogen (secondary N) is 2. The van der Waals surface area contributed by atoms with Crippen LogP contribution in [0, 0.1) is 0 Å². The van der Waals surface area contributed by atoms with Crippen LogP contribution in [0.3, 0.4) is 0 Å². The summed E-state index contributed by atoms with van der Waals surface area (Å²) in [6, 6.07) is 0.406. The van der Waals surface area contributed by atoms with Gasteiger partial charge in [-0.1, -0.05) is 6.92 Å². The van der Waals surface area contributed by atoms with Crippen LogP contribution in [0.15, 0.2) is 0 Å².